The van der Waals surface area contributed by atoms with Crippen LogP contribution in [0.4, 0.5) is 0 Å². The Morgan fingerprint density at radius 1 is 1.46 bits per heavy atom. The van der Waals surface area contributed by atoms with Gasteiger partial charge in [0.05, 0.1) is 10.2 Å². The van der Waals surface area contributed by atoms with Gasteiger partial charge in [0.1, 0.15) is 5.01 Å². The van der Waals surface area contributed by atoms with Gasteiger partial charge < -0.3 is 0 Å². The Labute approximate surface area is 81.7 Å². The first-order chi connectivity index (χ1) is 6.16. The quantitative estimate of drug-likeness (QED) is 0.667. The molecule has 2 rings (SSSR count). The minimum atomic E-state index is 1.04. The van der Waals surface area contributed by atoms with Gasteiger partial charge in [-0.3, -0.25) is 0 Å². The van der Waals surface area contributed by atoms with Crippen LogP contribution in [0, 0.1) is 6.92 Å². The predicted molar refractivity (Wildman–Crippen MR) is 59.1 cm³/mol. The van der Waals surface area contributed by atoms with Crippen LogP contribution in [0.15, 0.2) is 24.8 Å². The number of allylic oxidation sites excluding steroid dienone is 1. The molecular weight excluding hydrogens is 178 g/mol. The van der Waals surface area contributed by atoms with Crippen molar-refractivity contribution in [3.63, 3.8) is 0 Å². The first-order valence-electron chi connectivity index (χ1n) is 4.20. The molecule has 13 heavy (non-hydrogen) atoms. The van der Waals surface area contributed by atoms with Gasteiger partial charge in [0.25, 0.3) is 0 Å². The highest BCUT2D eigenvalue weighted by molar-refractivity contribution is 7.19. The first-order valence-corrected chi connectivity index (χ1v) is 5.01. The molecule has 1 heterocycles. The average molecular weight is 189 g/mol. The molecule has 0 N–H and O–H groups in total. The molecule has 0 spiro atoms. The van der Waals surface area contributed by atoms with Crippen molar-refractivity contribution in [2.45, 2.75) is 13.8 Å². The summed E-state index contributed by atoms with van der Waals surface area (Å²) in [5.41, 5.74) is 3.40. The average Bonchev–Trinajstić information content (AvgIpc) is 2.46. The largest absolute Gasteiger partial charge is 0.236 e. The number of nitrogens with zero attached hydrogens (tertiary/aromatic N) is 1. The molecule has 66 valence electrons. The molecule has 1 aromatic carbocycles. The Morgan fingerprint density at radius 3 is 2.92 bits per heavy atom. The summed E-state index contributed by atoms with van der Waals surface area (Å²) in [6, 6.07) is 6.32. The van der Waals surface area contributed by atoms with Gasteiger partial charge in [-0.1, -0.05) is 12.6 Å². The number of benzene rings is 1. The number of fused-ring (bicyclic) bond motifs is 1. The van der Waals surface area contributed by atoms with Crippen LogP contribution in [-0.4, -0.2) is 4.98 Å². The third-order valence-corrected chi connectivity index (χ3v) is 3.09. The molecule has 0 fully saturated rings. The normalized spacial score (nSPS) is 10.6. The molecule has 0 bridgehead atoms. The fraction of sp³-hybridized carbons (Fsp3) is 0.182. The molecule has 0 radical (unpaired) electrons. The van der Waals surface area contributed by atoms with E-state index in [-0.39, 0.29) is 0 Å². The lowest BCUT2D eigenvalue weighted by atomic mass is 10.2. The fourth-order valence-electron chi connectivity index (χ4n) is 1.21. The second kappa shape index (κ2) is 2.96. The predicted octanol–water partition coefficient (Wildman–Crippen LogP) is 3.64. The summed E-state index contributed by atoms with van der Waals surface area (Å²) in [4.78, 5) is 4.47. The molecule has 2 heteroatoms. The number of hydrogen-bond acceptors (Lipinski definition) is 2. The highest BCUT2D eigenvalue weighted by atomic mass is 32.1. The van der Waals surface area contributed by atoms with Crippen molar-refractivity contribution in [3.05, 3.63) is 35.3 Å². The van der Waals surface area contributed by atoms with E-state index < -0.39 is 0 Å². The van der Waals surface area contributed by atoms with Gasteiger partial charge in [-0.15, -0.1) is 11.3 Å². The molecule has 0 aliphatic carbocycles. The van der Waals surface area contributed by atoms with Crippen molar-refractivity contribution < 1.29 is 0 Å². The van der Waals surface area contributed by atoms with Crippen molar-refractivity contribution in [2.24, 2.45) is 0 Å². The standard InChI is InChI=1S/C11H11NS/c1-7(2)11-12-9-5-4-8(3)6-10(9)13-11/h4-6H,1H2,2-3H3. The van der Waals surface area contributed by atoms with Gasteiger partial charge in [-0.05, 0) is 37.1 Å². The molecule has 0 atom stereocenters. The zero-order chi connectivity index (χ0) is 9.42. The Balaban J connectivity index is 2.68. The van der Waals surface area contributed by atoms with Crippen LogP contribution in [0.25, 0.3) is 15.8 Å². The molecule has 0 saturated heterocycles. The van der Waals surface area contributed by atoms with E-state index in [1.165, 1.54) is 10.3 Å². The van der Waals surface area contributed by atoms with Crippen LogP contribution in [0.5, 0.6) is 0 Å². The molecule has 0 aliphatic rings. The second-order valence-corrected chi connectivity index (χ2v) is 4.30. The van der Waals surface area contributed by atoms with Gasteiger partial charge in [0, 0.05) is 0 Å². The topological polar surface area (TPSA) is 12.9 Å². The monoisotopic (exact) mass is 189 g/mol. The van der Waals surface area contributed by atoms with E-state index in [2.05, 4.69) is 36.7 Å². The Bertz CT molecular complexity index is 468. The van der Waals surface area contributed by atoms with Gasteiger partial charge in [-0.25, -0.2) is 4.98 Å². The Morgan fingerprint density at radius 2 is 2.23 bits per heavy atom. The lowest BCUT2D eigenvalue weighted by Crippen LogP contribution is -1.73. The third kappa shape index (κ3) is 1.49. The maximum atomic E-state index is 4.47. The van der Waals surface area contributed by atoms with E-state index in [0.717, 1.165) is 16.1 Å². The second-order valence-electron chi connectivity index (χ2n) is 3.27. The van der Waals surface area contributed by atoms with Crippen molar-refractivity contribution in [3.8, 4) is 0 Å². The minimum Gasteiger partial charge on any atom is -0.236 e. The summed E-state index contributed by atoms with van der Waals surface area (Å²) in [7, 11) is 0. The van der Waals surface area contributed by atoms with Crippen molar-refractivity contribution >= 4 is 27.1 Å². The number of rotatable bonds is 1. The maximum absolute atomic E-state index is 4.47. The van der Waals surface area contributed by atoms with Crippen molar-refractivity contribution in [1.82, 2.24) is 4.98 Å². The summed E-state index contributed by atoms with van der Waals surface area (Å²) in [6.45, 7) is 7.98. The lowest BCUT2D eigenvalue weighted by molar-refractivity contribution is 1.41. The molecule has 0 saturated carbocycles. The van der Waals surface area contributed by atoms with E-state index in [1.54, 1.807) is 11.3 Å². The van der Waals surface area contributed by atoms with Crippen molar-refractivity contribution in [2.75, 3.05) is 0 Å². The molecule has 2 aromatic rings. The molecular formula is C11H11NS. The highest BCUT2D eigenvalue weighted by Gasteiger charge is 2.03. The summed E-state index contributed by atoms with van der Waals surface area (Å²) in [6.07, 6.45) is 0. The van der Waals surface area contributed by atoms with Crippen molar-refractivity contribution in [1.29, 1.82) is 0 Å². The SMILES string of the molecule is C=C(C)c1nc2ccc(C)cc2s1. The van der Waals surface area contributed by atoms with Gasteiger partial charge >= 0.3 is 0 Å². The summed E-state index contributed by atoms with van der Waals surface area (Å²) in [5, 5.41) is 1.04. The fourth-order valence-corrected chi connectivity index (χ4v) is 2.20. The first kappa shape index (κ1) is 8.45. The van der Waals surface area contributed by atoms with Gasteiger partial charge in [0.15, 0.2) is 0 Å². The molecule has 0 aliphatic heterocycles. The smallest absolute Gasteiger partial charge is 0.119 e. The van der Waals surface area contributed by atoms with E-state index >= 15 is 0 Å². The zero-order valence-electron chi connectivity index (χ0n) is 7.79. The number of thiazole rings is 1. The maximum Gasteiger partial charge on any atom is 0.119 e. The van der Waals surface area contributed by atoms with E-state index in [1.807, 2.05) is 6.92 Å². The summed E-state index contributed by atoms with van der Waals surface area (Å²) >= 11 is 1.71. The molecule has 1 aromatic heterocycles. The third-order valence-electron chi connectivity index (χ3n) is 1.91. The molecule has 1 nitrogen and oxygen atoms in total. The van der Waals surface area contributed by atoms with E-state index in [0.29, 0.717) is 0 Å². The van der Waals surface area contributed by atoms with E-state index in [9.17, 15) is 0 Å². The van der Waals surface area contributed by atoms with Crippen LogP contribution < -0.4 is 0 Å². The number of hydrogen-bond donors (Lipinski definition) is 0. The van der Waals surface area contributed by atoms with Crippen LogP contribution in [0.1, 0.15) is 17.5 Å². The molecule has 0 amide bonds. The Kier molecular flexibility index (Phi) is 1.93. The van der Waals surface area contributed by atoms with Crippen LogP contribution in [0.3, 0.4) is 0 Å². The van der Waals surface area contributed by atoms with Crippen LogP contribution >= 0.6 is 11.3 Å². The van der Waals surface area contributed by atoms with Crippen LogP contribution in [-0.2, 0) is 0 Å². The van der Waals surface area contributed by atoms with Gasteiger partial charge in [-0.2, -0.15) is 0 Å². The molecule has 0 unspecified atom stereocenters. The van der Waals surface area contributed by atoms with Gasteiger partial charge in [0.2, 0.25) is 0 Å². The van der Waals surface area contributed by atoms with Crippen LogP contribution in [0.2, 0.25) is 0 Å². The minimum absolute atomic E-state index is 1.04. The number of aryl methyl sites for hydroxylation is 1. The summed E-state index contributed by atoms with van der Waals surface area (Å²) < 4.78 is 1.25. The van der Waals surface area contributed by atoms with E-state index in [4.69, 9.17) is 0 Å². The number of aromatic nitrogens is 1. The Hall–Kier alpha value is -1.15. The zero-order valence-corrected chi connectivity index (χ0v) is 8.61. The lowest BCUT2D eigenvalue weighted by Gasteiger charge is -1.88. The highest BCUT2D eigenvalue weighted by Crippen LogP contribution is 2.26. The summed E-state index contributed by atoms with van der Waals surface area (Å²) in [5.74, 6) is 0.